The molecule has 6 heteroatoms. The molecule has 2 saturated heterocycles. The highest BCUT2D eigenvalue weighted by Crippen LogP contribution is 2.29. The fourth-order valence-electron chi connectivity index (χ4n) is 3.84. The maximum atomic E-state index is 12.0. The van der Waals surface area contributed by atoms with Crippen molar-refractivity contribution in [3.05, 3.63) is 0 Å². The molecule has 0 bridgehead atoms. The molecule has 5 atom stereocenters. The van der Waals surface area contributed by atoms with E-state index in [4.69, 9.17) is 4.74 Å². The van der Waals surface area contributed by atoms with Crippen molar-refractivity contribution in [3.63, 3.8) is 0 Å². The molecule has 2 heterocycles. The van der Waals surface area contributed by atoms with E-state index >= 15 is 0 Å². The van der Waals surface area contributed by atoms with Gasteiger partial charge in [0.2, 0.25) is 0 Å². The SMILES string of the molecule is CCCCCCCCCC(=O)OC1CN2CCC(O)C2C(O)C1O. The number of hydrogen-bond donors (Lipinski definition) is 3. The molecule has 0 aromatic carbocycles. The van der Waals surface area contributed by atoms with E-state index in [0.29, 0.717) is 25.9 Å². The Morgan fingerprint density at radius 3 is 2.42 bits per heavy atom. The van der Waals surface area contributed by atoms with E-state index < -0.39 is 30.5 Å². The van der Waals surface area contributed by atoms with Gasteiger partial charge in [0.15, 0.2) is 0 Å². The van der Waals surface area contributed by atoms with Crippen molar-refractivity contribution >= 4 is 5.97 Å². The third kappa shape index (κ3) is 5.15. The predicted octanol–water partition coefficient (Wildman–Crippen LogP) is 1.21. The van der Waals surface area contributed by atoms with E-state index in [1.165, 1.54) is 25.7 Å². The zero-order valence-corrected chi connectivity index (χ0v) is 14.8. The number of carbonyl (C=O) groups excluding carboxylic acids is 1. The van der Waals surface area contributed by atoms with Crippen molar-refractivity contribution in [2.45, 2.75) is 95.2 Å². The van der Waals surface area contributed by atoms with Gasteiger partial charge in [-0.2, -0.15) is 0 Å². The summed E-state index contributed by atoms with van der Waals surface area (Å²) in [7, 11) is 0. The highest BCUT2D eigenvalue weighted by Gasteiger charge is 2.49. The fraction of sp³-hybridized carbons (Fsp3) is 0.944. The highest BCUT2D eigenvalue weighted by molar-refractivity contribution is 5.69. The summed E-state index contributed by atoms with van der Waals surface area (Å²) in [5, 5.41) is 30.2. The molecule has 0 aromatic rings. The molecule has 2 aliphatic heterocycles. The molecular weight excluding hydrogens is 310 g/mol. The van der Waals surface area contributed by atoms with Crippen LogP contribution in [0.4, 0.5) is 0 Å². The van der Waals surface area contributed by atoms with Gasteiger partial charge in [-0.1, -0.05) is 45.4 Å². The standard InChI is InChI=1S/C18H33NO5/c1-2-3-4-5-6-7-8-9-15(21)24-14-12-19-11-10-13(20)16(19)18(23)17(14)22/h13-14,16-18,20,22-23H,2-12H2,1H3. The molecule has 0 spiro atoms. The summed E-state index contributed by atoms with van der Waals surface area (Å²) in [6, 6.07) is -0.446. The Labute approximate surface area is 144 Å². The number of aliphatic hydroxyl groups excluding tert-OH is 3. The van der Waals surface area contributed by atoms with Gasteiger partial charge in [0.05, 0.1) is 12.1 Å². The summed E-state index contributed by atoms with van der Waals surface area (Å²) < 4.78 is 5.39. The molecule has 0 aromatic heterocycles. The molecule has 2 fully saturated rings. The summed E-state index contributed by atoms with van der Waals surface area (Å²) in [5.41, 5.74) is 0. The summed E-state index contributed by atoms with van der Waals surface area (Å²) in [6.45, 7) is 3.22. The maximum absolute atomic E-state index is 12.0. The number of piperidine rings is 1. The second-order valence-electron chi connectivity index (χ2n) is 7.22. The average Bonchev–Trinajstić information content (AvgIpc) is 2.92. The number of hydrogen-bond acceptors (Lipinski definition) is 6. The number of fused-ring (bicyclic) bond motifs is 1. The summed E-state index contributed by atoms with van der Waals surface area (Å²) in [6.07, 6.45) is 5.36. The van der Waals surface area contributed by atoms with Gasteiger partial charge in [0.1, 0.15) is 18.3 Å². The van der Waals surface area contributed by atoms with Crippen LogP contribution in [0.3, 0.4) is 0 Å². The monoisotopic (exact) mass is 343 g/mol. The lowest BCUT2D eigenvalue weighted by atomic mass is 9.93. The van der Waals surface area contributed by atoms with Crippen LogP contribution in [0.2, 0.25) is 0 Å². The largest absolute Gasteiger partial charge is 0.458 e. The van der Waals surface area contributed by atoms with Gasteiger partial charge in [-0.05, 0) is 12.8 Å². The average molecular weight is 343 g/mol. The second-order valence-corrected chi connectivity index (χ2v) is 7.22. The van der Waals surface area contributed by atoms with Crippen molar-refractivity contribution in [1.82, 2.24) is 4.90 Å². The van der Waals surface area contributed by atoms with Crippen LogP contribution >= 0.6 is 0 Å². The highest BCUT2D eigenvalue weighted by atomic mass is 16.6. The number of esters is 1. The Kier molecular flexibility index (Phi) is 7.94. The van der Waals surface area contributed by atoms with E-state index in [1.807, 2.05) is 4.90 Å². The van der Waals surface area contributed by atoms with Crippen molar-refractivity contribution in [3.8, 4) is 0 Å². The molecule has 0 radical (unpaired) electrons. The van der Waals surface area contributed by atoms with E-state index in [-0.39, 0.29) is 5.97 Å². The van der Waals surface area contributed by atoms with Crippen LogP contribution in [0.1, 0.15) is 64.7 Å². The molecule has 5 unspecified atom stereocenters. The topological polar surface area (TPSA) is 90.2 Å². The molecule has 0 aliphatic carbocycles. The van der Waals surface area contributed by atoms with Crippen LogP contribution in [0.5, 0.6) is 0 Å². The third-order valence-corrected chi connectivity index (χ3v) is 5.29. The Morgan fingerprint density at radius 1 is 1.04 bits per heavy atom. The minimum absolute atomic E-state index is 0.307. The molecule has 140 valence electrons. The van der Waals surface area contributed by atoms with Crippen LogP contribution in [0.25, 0.3) is 0 Å². The first-order valence-electron chi connectivity index (χ1n) is 9.52. The first-order valence-corrected chi connectivity index (χ1v) is 9.52. The van der Waals surface area contributed by atoms with Gasteiger partial charge < -0.3 is 20.1 Å². The maximum Gasteiger partial charge on any atom is 0.306 e. The third-order valence-electron chi connectivity index (χ3n) is 5.29. The molecule has 0 amide bonds. The molecule has 2 aliphatic rings. The zero-order valence-electron chi connectivity index (χ0n) is 14.8. The number of rotatable bonds is 9. The summed E-state index contributed by atoms with van der Waals surface area (Å²) in [4.78, 5) is 13.9. The number of aliphatic hydroxyl groups is 3. The number of unbranched alkanes of at least 4 members (excludes halogenated alkanes) is 6. The van der Waals surface area contributed by atoms with Crippen molar-refractivity contribution in [1.29, 1.82) is 0 Å². The molecule has 0 saturated carbocycles. The van der Waals surface area contributed by atoms with Crippen LogP contribution in [-0.4, -0.2) is 69.7 Å². The lowest BCUT2D eigenvalue weighted by Gasteiger charge is -2.42. The lowest BCUT2D eigenvalue weighted by molar-refractivity contribution is -0.179. The number of carbonyl (C=O) groups is 1. The van der Waals surface area contributed by atoms with E-state index in [2.05, 4.69) is 6.92 Å². The van der Waals surface area contributed by atoms with Gasteiger partial charge in [-0.25, -0.2) is 0 Å². The van der Waals surface area contributed by atoms with Gasteiger partial charge >= 0.3 is 5.97 Å². The molecule has 3 N–H and O–H groups in total. The van der Waals surface area contributed by atoms with Crippen LogP contribution in [0.15, 0.2) is 0 Å². The first kappa shape index (κ1) is 19.6. The van der Waals surface area contributed by atoms with Gasteiger partial charge in [-0.15, -0.1) is 0 Å². The minimum atomic E-state index is -1.13. The Morgan fingerprint density at radius 2 is 1.71 bits per heavy atom. The first-order chi connectivity index (χ1) is 11.5. The van der Waals surface area contributed by atoms with Gasteiger partial charge in [0, 0.05) is 19.5 Å². The normalized spacial score (nSPS) is 33.4. The Hall–Kier alpha value is -0.690. The second kappa shape index (κ2) is 9.70. The van der Waals surface area contributed by atoms with Crippen molar-refractivity contribution < 1.29 is 24.9 Å². The van der Waals surface area contributed by atoms with E-state index in [9.17, 15) is 20.1 Å². The molecular formula is C18H33NO5. The van der Waals surface area contributed by atoms with E-state index in [0.717, 1.165) is 19.3 Å². The molecule has 24 heavy (non-hydrogen) atoms. The summed E-state index contributed by atoms with van der Waals surface area (Å²) in [5.74, 6) is -0.307. The van der Waals surface area contributed by atoms with Crippen LogP contribution in [0, 0.1) is 0 Å². The van der Waals surface area contributed by atoms with Crippen LogP contribution in [-0.2, 0) is 9.53 Å². The molecule has 6 nitrogen and oxygen atoms in total. The number of nitrogens with zero attached hydrogens (tertiary/aromatic N) is 1. The van der Waals surface area contributed by atoms with Crippen molar-refractivity contribution in [2.75, 3.05) is 13.1 Å². The molecule has 2 rings (SSSR count). The van der Waals surface area contributed by atoms with Crippen LogP contribution < -0.4 is 0 Å². The van der Waals surface area contributed by atoms with Gasteiger partial charge in [0.25, 0.3) is 0 Å². The Balaban J connectivity index is 1.66. The van der Waals surface area contributed by atoms with E-state index in [1.54, 1.807) is 0 Å². The summed E-state index contributed by atoms with van der Waals surface area (Å²) >= 11 is 0. The Bertz CT molecular complexity index is 392. The lowest BCUT2D eigenvalue weighted by Crippen LogP contribution is -2.62. The fourth-order valence-corrected chi connectivity index (χ4v) is 3.84. The quantitative estimate of drug-likeness (QED) is 0.431. The predicted molar refractivity (Wildman–Crippen MR) is 90.5 cm³/mol. The minimum Gasteiger partial charge on any atom is -0.458 e. The van der Waals surface area contributed by atoms with Crippen molar-refractivity contribution in [2.24, 2.45) is 0 Å². The number of ether oxygens (including phenoxy) is 1. The van der Waals surface area contributed by atoms with Gasteiger partial charge in [-0.3, -0.25) is 9.69 Å². The smallest absolute Gasteiger partial charge is 0.306 e. The zero-order chi connectivity index (χ0) is 17.5.